The van der Waals surface area contributed by atoms with Gasteiger partial charge in [0, 0.05) is 25.8 Å². The van der Waals surface area contributed by atoms with Crippen LogP contribution >= 0.6 is 0 Å². The molecule has 5 atom stereocenters. The molecule has 1 saturated carbocycles. The first-order chi connectivity index (χ1) is 14.0. The molecule has 1 aromatic rings. The van der Waals surface area contributed by atoms with E-state index >= 15 is 0 Å². The van der Waals surface area contributed by atoms with E-state index in [1.807, 2.05) is 17.1 Å². The smallest absolute Gasteiger partial charge is 0.294 e. The predicted molar refractivity (Wildman–Crippen MR) is 105 cm³/mol. The van der Waals surface area contributed by atoms with Crippen LogP contribution in [0.5, 0.6) is 0 Å². The lowest BCUT2D eigenvalue weighted by atomic mass is 9.85. The number of nitrogens with zero attached hydrogens (tertiary/aromatic N) is 3. The monoisotopic (exact) mass is 397 g/mol. The largest absolute Gasteiger partial charge is 0.396 e. The van der Waals surface area contributed by atoms with Crippen LogP contribution in [-0.2, 0) is 9.59 Å². The van der Waals surface area contributed by atoms with E-state index in [0.717, 1.165) is 24.2 Å². The molecule has 3 fully saturated rings. The quantitative estimate of drug-likeness (QED) is 0.361. The number of fused-ring (bicyclic) bond motifs is 5. The Balaban J connectivity index is 1.48. The minimum absolute atomic E-state index is 0.0539. The number of imide groups is 1. The van der Waals surface area contributed by atoms with E-state index < -0.39 is 4.92 Å². The molecule has 2 amide bonds. The van der Waals surface area contributed by atoms with Crippen LogP contribution in [0.1, 0.15) is 19.3 Å². The van der Waals surface area contributed by atoms with Crippen molar-refractivity contribution in [2.24, 2.45) is 29.6 Å². The first kappa shape index (κ1) is 18.3. The molecule has 2 aliphatic heterocycles. The third kappa shape index (κ3) is 2.69. The van der Waals surface area contributed by atoms with Crippen molar-refractivity contribution in [3.8, 4) is 0 Å². The second-order valence-corrected chi connectivity index (χ2v) is 8.58. The first-order valence-corrected chi connectivity index (χ1v) is 10.2. The molecule has 5 unspecified atom stereocenters. The molecule has 29 heavy (non-hydrogen) atoms. The number of piperidine rings is 1. The maximum atomic E-state index is 13.0. The molecule has 152 valence electrons. The number of nitro groups is 1. The SMILES string of the molecule is O=C1C2C3C=CC(C3)C2C(=O)N1c1ccc(N2CCCC(CO)C2)c([N+](=O)[O-])c1. The second kappa shape index (κ2) is 6.66. The van der Waals surface area contributed by atoms with Gasteiger partial charge in [0.25, 0.3) is 5.69 Å². The number of rotatable bonds is 4. The number of anilines is 2. The number of hydrogen-bond donors (Lipinski definition) is 1. The van der Waals surface area contributed by atoms with Gasteiger partial charge < -0.3 is 10.0 Å². The minimum atomic E-state index is -0.460. The molecule has 1 N–H and O–H groups in total. The van der Waals surface area contributed by atoms with Gasteiger partial charge in [0.2, 0.25) is 11.8 Å². The molecule has 0 aromatic heterocycles. The average molecular weight is 397 g/mol. The van der Waals surface area contributed by atoms with Crippen LogP contribution in [0.4, 0.5) is 17.1 Å². The molecule has 8 heteroatoms. The third-order valence-corrected chi connectivity index (χ3v) is 7.00. The Morgan fingerprint density at radius 1 is 1.14 bits per heavy atom. The molecule has 8 nitrogen and oxygen atoms in total. The van der Waals surface area contributed by atoms with Crippen molar-refractivity contribution in [1.29, 1.82) is 0 Å². The molecule has 1 aromatic carbocycles. The van der Waals surface area contributed by atoms with Crippen LogP contribution in [-0.4, -0.2) is 41.5 Å². The topological polar surface area (TPSA) is 104 Å². The summed E-state index contributed by atoms with van der Waals surface area (Å²) in [4.78, 5) is 40.4. The van der Waals surface area contributed by atoms with Crippen molar-refractivity contribution in [2.45, 2.75) is 19.3 Å². The normalized spacial score (nSPS) is 32.9. The van der Waals surface area contributed by atoms with Crippen molar-refractivity contribution in [3.63, 3.8) is 0 Å². The van der Waals surface area contributed by atoms with Crippen LogP contribution in [0.3, 0.4) is 0 Å². The van der Waals surface area contributed by atoms with E-state index in [4.69, 9.17) is 0 Å². The maximum absolute atomic E-state index is 13.0. The average Bonchev–Trinajstić information content (AvgIpc) is 3.41. The molecule has 2 heterocycles. The molecular weight excluding hydrogens is 374 g/mol. The third-order valence-electron chi connectivity index (χ3n) is 7.00. The van der Waals surface area contributed by atoms with Gasteiger partial charge in [0.05, 0.1) is 22.4 Å². The molecule has 0 radical (unpaired) electrons. The van der Waals surface area contributed by atoms with Crippen molar-refractivity contribution in [2.75, 3.05) is 29.5 Å². The molecule has 2 bridgehead atoms. The Kier molecular flexibility index (Phi) is 4.20. The van der Waals surface area contributed by atoms with Crippen LogP contribution < -0.4 is 9.80 Å². The summed E-state index contributed by atoms with van der Waals surface area (Å²) in [5.41, 5.74) is 0.637. The van der Waals surface area contributed by atoms with E-state index in [-0.39, 0.29) is 59.4 Å². The number of nitro benzene ring substituents is 1. The predicted octanol–water partition coefficient (Wildman–Crippen LogP) is 2.12. The van der Waals surface area contributed by atoms with Crippen molar-refractivity contribution in [3.05, 3.63) is 40.5 Å². The number of aliphatic hydroxyl groups is 1. The number of carbonyl (C=O) groups is 2. The summed E-state index contributed by atoms with van der Waals surface area (Å²) in [5, 5.41) is 21.2. The summed E-state index contributed by atoms with van der Waals surface area (Å²) in [6.45, 7) is 1.28. The van der Waals surface area contributed by atoms with Gasteiger partial charge in [0.15, 0.2) is 0 Å². The fourth-order valence-electron chi connectivity index (χ4n) is 5.65. The van der Waals surface area contributed by atoms with Crippen molar-refractivity contribution >= 4 is 28.9 Å². The summed E-state index contributed by atoms with van der Waals surface area (Å²) >= 11 is 0. The number of hydrogen-bond acceptors (Lipinski definition) is 6. The summed E-state index contributed by atoms with van der Waals surface area (Å²) < 4.78 is 0. The number of benzene rings is 1. The van der Waals surface area contributed by atoms with Crippen LogP contribution in [0.25, 0.3) is 0 Å². The van der Waals surface area contributed by atoms with Gasteiger partial charge in [-0.05, 0) is 49.1 Å². The zero-order valence-corrected chi connectivity index (χ0v) is 15.9. The Morgan fingerprint density at radius 3 is 2.45 bits per heavy atom. The van der Waals surface area contributed by atoms with Crippen molar-refractivity contribution in [1.82, 2.24) is 0 Å². The van der Waals surface area contributed by atoms with Crippen molar-refractivity contribution < 1.29 is 19.6 Å². The highest BCUT2D eigenvalue weighted by molar-refractivity contribution is 6.23. The van der Waals surface area contributed by atoms with E-state index in [2.05, 4.69) is 0 Å². The summed E-state index contributed by atoms with van der Waals surface area (Å²) in [6.07, 6.45) is 6.65. The van der Waals surface area contributed by atoms with Gasteiger partial charge in [-0.15, -0.1) is 0 Å². The van der Waals surface area contributed by atoms with E-state index in [1.165, 1.54) is 6.07 Å². The van der Waals surface area contributed by atoms with E-state index in [0.29, 0.717) is 18.8 Å². The van der Waals surface area contributed by atoms with Gasteiger partial charge in [-0.25, -0.2) is 4.90 Å². The van der Waals surface area contributed by atoms with Crippen LogP contribution in [0, 0.1) is 39.7 Å². The van der Waals surface area contributed by atoms with Gasteiger partial charge in [-0.3, -0.25) is 19.7 Å². The number of carbonyl (C=O) groups excluding carboxylic acids is 2. The summed E-state index contributed by atoms with van der Waals surface area (Å²) in [6, 6.07) is 4.62. The standard InChI is InChI=1S/C21H23N3O5/c25-11-12-2-1-7-22(10-12)16-6-5-15(9-17(16)24(28)29)23-20(26)18-13-3-4-14(8-13)19(18)21(23)27/h3-6,9,12-14,18-19,25H,1-2,7-8,10-11H2. The van der Waals surface area contributed by atoms with E-state index in [1.54, 1.807) is 12.1 Å². The fraction of sp³-hybridized carbons (Fsp3) is 0.524. The lowest BCUT2D eigenvalue weighted by Crippen LogP contribution is -2.37. The van der Waals surface area contributed by atoms with Gasteiger partial charge in [-0.2, -0.15) is 0 Å². The van der Waals surface area contributed by atoms with Crippen LogP contribution in [0.2, 0.25) is 0 Å². The molecule has 0 spiro atoms. The zero-order valence-electron chi connectivity index (χ0n) is 15.9. The minimum Gasteiger partial charge on any atom is -0.396 e. The Morgan fingerprint density at radius 2 is 1.83 bits per heavy atom. The Labute approximate surface area is 167 Å². The van der Waals surface area contributed by atoms with Gasteiger partial charge in [-0.1, -0.05) is 12.2 Å². The van der Waals surface area contributed by atoms with Gasteiger partial charge >= 0.3 is 0 Å². The highest BCUT2D eigenvalue weighted by Gasteiger charge is 2.59. The summed E-state index contributed by atoms with van der Waals surface area (Å²) in [5.74, 6) is -0.845. The summed E-state index contributed by atoms with van der Waals surface area (Å²) in [7, 11) is 0. The number of amides is 2. The second-order valence-electron chi connectivity index (χ2n) is 8.58. The number of aliphatic hydroxyl groups excluding tert-OH is 1. The Hall–Kier alpha value is -2.74. The first-order valence-electron chi connectivity index (χ1n) is 10.2. The fourth-order valence-corrected chi connectivity index (χ4v) is 5.65. The maximum Gasteiger partial charge on any atom is 0.294 e. The van der Waals surface area contributed by atoms with E-state index in [9.17, 15) is 24.8 Å². The molecule has 2 saturated heterocycles. The number of allylic oxidation sites excluding steroid dienone is 2. The molecular formula is C21H23N3O5. The zero-order chi connectivity index (χ0) is 20.3. The van der Waals surface area contributed by atoms with Gasteiger partial charge in [0.1, 0.15) is 5.69 Å². The highest BCUT2D eigenvalue weighted by Crippen LogP contribution is 2.53. The lowest BCUT2D eigenvalue weighted by Gasteiger charge is -2.33. The lowest BCUT2D eigenvalue weighted by molar-refractivity contribution is -0.384. The van der Waals surface area contributed by atoms with Crippen LogP contribution in [0.15, 0.2) is 30.4 Å². The molecule has 5 rings (SSSR count). The molecule has 4 aliphatic rings. The highest BCUT2D eigenvalue weighted by atomic mass is 16.6. The molecule has 2 aliphatic carbocycles. The Bertz CT molecular complexity index is 899.